The lowest BCUT2D eigenvalue weighted by molar-refractivity contribution is -0.149. The number of alkyl halides is 3. The van der Waals surface area contributed by atoms with Gasteiger partial charge in [0.05, 0.1) is 28.8 Å². The monoisotopic (exact) mass is 509 g/mol. The molecule has 0 atom stereocenters. The van der Waals surface area contributed by atoms with Crippen LogP contribution in [-0.4, -0.2) is 34.6 Å². The van der Waals surface area contributed by atoms with Gasteiger partial charge in [-0.3, -0.25) is 4.79 Å². The molecule has 1 aromatic heterocycles. The van der Waals surface area contributed by atoms with Crippen LogP contribution in [0.2, 0.25) is 0 Å². The third-order valence-electron chi connectivity index (χ3n) is 5.11. The van der Waals surface area contributed by atoms with Gasteiger partial charge in [-0.1, -0.05) is 36.4 Å². The fraction of sp³-hybridized carbons (Fsp3) is 0.185. The average Bonchev–Trinajstić information content (AvgIpc) is 2.86. The van der Waals surface area contributed by atoms with E-state index in [-0.39, 0.29) is 29.5 Å². The van der Waals surface area contributed by atoms with Crippen molar-refractivity contribution in [2.24, 2.45) is 5.10 Å². The lowest BCUT2D eigenvalue weighted by Crippen LogP contribution is -2.20. The second kappa shape index (κ2) is 10.7. The molecule has 0 spiro atoms. The molecule has 4 aromatic rings. The quantitative estimate of drug-likeness (QED) is 0.250. The van der Waals surface area contributed by atoms with Gasteiger partial charge in [-0.05, 0) is 55.8 Å². The van der Waals surface area contributed by atoms with Crippen LogP contribution in [0.5, 0.6) is 5.75 Å². The van der Waals surface area contributed by atoms with E-state index < -0.39 is 23.3 Å². The second-order valence-corrected chi connectivity index (χ2v) is 8.29. The summed E-state index contributed by atoms with van der Waals surface area (Å²) in [5, 5.41) is 4.52. The number of fused-ring (bicyclic) bond motifs is 1. The molecule has 4 rings (SSSR count). The highest BCUT2D eigenvalue weighted by Gasteiger charge is 2.31. The Morgan fingerprint density at radius 3 is 2.57 bits per heavy atom. The number of hydrogen-bond acceptors (Lipinski definition) is 6. The normalized spacial score (nSPS) is 11.8. The summed E-state index contributed by atoms with van der Waals surface area (Å²) in [6, 6.07) is 17.6. The highest BCUT2D eigenvalue weighted by Crippen LogP contribution is 2.32. The molecule has 0 N–H and O–H groups in total. The number of rotatable bonds is 7. The van der Waals surface area contributed by atoms with Gasteiger partial charge in [0.25, 0.3) is 5.56 Å². The Labute approximate surface area is 209 Å². The number of esters is 1. The van der Waals surface area contributed by atoms with Crippen LogP contribution in [0.25, 0.3) is 22.3 Å². The third-order valence-corrected chi connectivity index (χ3v) is 5.11. The first-order valence-electron chi connectivity index (χ1n) is 11.3. The molecule has 0 unspecified atom stereocenters. The second-order valence-electron chi connectivity index (χ2n) is 8.29. The van der Waals surface area contributed by atoms with E-state index in [1.165, 1.54) is 18.3 Å². The minimum absolute atomic E-state index is 0.0464. The van der Waals surface area contributed by atoms with E-state index >= 15 is 0 Å². The van der Waals surface area contributed by atoms with E-state index in [1.807, 2.05) is 0 Å². The van der Waals surface area contributed by atoms with E-state index in [2.05, 4.69) is 10.1 Å². The topological polar surface area (TPSA) is 82.8 Å². The van der Waals surface area contributed by atoms with Crippen molar-refractivity contribution in [3.05, 3.63) is 94.3 Å². The van der Waals surface area contributed by atoms with Crippen molar-refractivity contribution < 1.29 is 27.4 Å². The summed E-state index contributed by atoms with van der Waals surface area (Å²) < 4.78 is 51.5. The summed E-state index contributed by atoms with van der Waals surface area (Å²) in [4.78, 5) is 29.4. The van der Waals surface area contributed by atoms with Crippen LogP contribution in [0.15, 0.2) is 82.7 Å². The van der Waals surface area contributed by atoms with E-state index in [0.29, 0.717) is 16.8 Å². The van der Waals surface area contributed by atoms with Gasteiger partial charge in [-0.2, -0.15) is 22.9 Å². The van der Waals surface area contributed by atoms with Crippen LogP contribution in [0.1, 0.15) is 25.0 Å². The van der Waals surface area contributed by atoms with Crippen LogP contribution in [0, 0.1) is 0 Å². The average molecular weight is 509 g/mol. The van der Waals surface area contributed by atoms with Crippen molar-refractivity contribution >= 4 is 23.1 Å². The summed E-state index contributed by atoms with van der Waals surface area (Å²) in [6.07, 6.45) is -3.48. The predicted octanol–water partition coefficient (Wildman–Crippen LogP) is 5.29. The van der Waals surface area contributed by atoms with E-state index in [4.69, 9.17) is 9.47 Å². The first-order valence-corrected chi connectivity index (χ1v) is 11.3. The fourth-order valence-corrected chi connectivity index (χ4v) is 3.50. The number of benzene rings is 3. The molecular formula is C27H22F3N3O4. The molecule has 0 aliphatic heterocycles. The molecule has 0 aliphatic carbocycles. The molecule has 0 radical (unpaired) electrons. The predicted molar refractivity (Wildman–Crippen MR) is 133 cm³/mol. The van der Waals surface area contributed by atoms with Crippen LogP contribution in [0.4, 0.5) is 13.2 Å². The lowest BCUT2D eigenvalue weighted by atomic mass is 10.1. The number of hydrogen-bond donors (Lipinski definition) is 0. The van der Waals surface area contributed by atoms with E-state index in [0.717, 1.165) is 16.8 Å². The fourth-order valence-electron chi connectivity index (χ4n) is 3.50. The Morgan fingerprint density at radius 2 is 1.81 bits per heavy atom. The number of para-hydroxylation sites is 1. The number of halogens is 3. The first kappa shape index (κ1) is 25.6. The first-order chi connectivity index (χ1) is 17.6. The molecule has 0 fully saturated rings. The van der Waals surface area contributed by atoms with E-state index in [9.17, 15) is 22.8 Å². The van der Waals surface area contributed by atoms with Crippen molar-refractivity contribution in [2.45, 2.75) is 26.1 Å². The minimum atomic E-state index is -4.57. The molecule has 0 bridgehead atoms. The van der Waals surface area contributed by atoms with Crippen molar-refractivity contribution in [2.75, 3.05) is 6.61 Å². The lowest BCUT2D eigenvalue weighted by Gasteiger charge is -2.12. The van der Waals surface area contributed by atoms with Crippen molar-refractivity contribution in [3.63, 3.8) is 0 Å². The summed E-state index contributed by atoms with van der Waals surface area (Å²) in [6.45, 7) is 3.17. The molecule has 0 saturated heterocycles. The van der Waals surface area contributed by atoms with Gasteiger partial charge < -0.3 is 9.47 Å². The standard InChI is InChI=1S/C27H22F3N3O4/c1-17(2)37-24(34)16-36-21-10-5-7-18(13-21)15-31-33-25(19-8-6-9-20(14-19)27(28,29)30)32-23-12-4-3-11-22(23)26(33)35/h3-15,17H,16H2,1-2H3. The minimum Gasteiger partial charge on any atom is -0.482 e. The summed E-state index contributed by atoms with van der Waals surface area (Å²) in [5.41, 5.74) is -0.489. The number of aromatic nitrogens is 2. The number of carbonyl (C=O) groups is 1. The number of nitrogens with zero attached hydrogens (tertiary/aromatic N) is 3. The Kier molecular flexibility index (Phi) is 7.37. The van der Waals surface area contributed by atoms with Gasteiger partial charge in [-0.15, -0.1) is 0 Å². The molecule has 1 heterocycles. The van der Waals surface area contributed by atoms with Crippen LogP contribution in [0.3, 0.4) is 0 Å². The van der Waals surface area contributed by atoms with Gasteiger partial charge >= 0.3 is 12.1 Å². The molecule has 0 aliphatic rings. The highest BCUT2D eigenvalue weighted by molar-refractivity contribution is 5.82. The van der Waals surface area contributed by atoms with Gasteiger partial charge in [0.2, 0.25) is 0 Å². The maximum Gasteiger partial charge on any atom is 0.416 e. The number of ether oxygens (including phenoxy) is 2. The molecule has 3 aromatic carbocycles. The zero-order valence-corrected chi connectivity index (χ0v) is 19.9. The SMILES string of the molecule is CC(C)OC(=O)COc1cccc(C=Nn2c(-c3cccc(C(F)(F)F)c3)nc3ccccc3c2=O)c1. The smallest absolute Gasteiger partial charge is 0.416 e. The van der Waals surface area contributed by atoms with Crippen molar-refractivity contribution in [3.8, 4) is 17.1 Å². The van der Waals surface area contributed by atoms with Crippen LogP contribution < -0.4 is 10.3 Å². The van der Waals surface area contributed by atoms with Gasteiger partial charge in [-0.25, -0.2) is 9.78 Å². The Bertz CT molecular complexity index is 1530. The van der Waals surface area contributed by atoms with Crippen molar-refractivity contribution in [1.29, 1.82) is 0 Å². The van der Waals surface area contributed by atoms with Gasteiger partial charge in [0, 0.05) is 5.56 Å². The molecular weight excluding hydrogens is 487 g/mol. The van der Waals surface area contributed by atoms with Crippen molar-refractivity contribution in [1.82, 2.24) is 9.66 Å². The Hall–Kier alpha value is -4.47. The zero-order chi connectivity index (χ0) is 26.6. The van der Waals surface area contributed by atoms with Gasteiger partial charge in [0.15, 0.2) is 12.4 Å². The maximum atomic E-state index is 13.3. The molecule has 7 nitrogen and oxygen atoms in total. The van der Waals surface area contributed by atoms with E-state index in [1.54, 1.807) is 62.4 Å². The molecule has 0 amide bonds. The Morgan fingerprint density at radius 1 is 1.05 bits per heavy atom. The summed E-state index contributed by atoms with van der Waals surface area (Å²) >= 11 is 0. The summed E-state index contributed by atoms with van der Waals surface area (Å²) in [5.74, 6) is -0.199. The van der Waals surface area contributed by atoms with Gasteiger partial charge in [0.1, 0.15) is 5.75 Å². The molecule has 190 valence electrons. The molecule has 0 saturated carbocycles. The Balaban J connectivity index is 1.72. The molecule has 37 heavy (non-hydrogen) atoms. The zero-order valence-electron chi connectivity index (χ0n) is 19.9. The maximum absolute atomic E-state index is 13.3. The highest BCUT2D eigenvalue weighted by atomic mass is 19.4. The third kappa shape index (κ3) is 6.21. The van der Waals surface area contributed by atoms with Crippen LogP contribution in [-0.2, 0) is 15.7 Å². The summed E-state index contributed by atoms with van der Waals surface area (Å²) in [7, 11) is 0. The number of carbonyl (C=O) groups excluding carboxylic acids is 1. The largest absolute Gasteiger partial charge is 0.482 e. The van der Waals surface area contributed by atoms with Crippen LogP contribution >= 0.6 is 0 Å². The molecule has 10 heteroatoms.